The zero-order valence-corrected chi connectivity index (χ0v) is 33.8. The molecule has 3 aromatic carbocycles. The number of ether oxygens (including phenoxy) is 11. The molecule has 2 aliphatic heterocycles. The lowest BCUT2D eigenvalue weighted by Gasteiger charge is -2.48. The van der Waals surface area contributed by atoms with Crippen molar-refractivity contribution in [1.29, 1.82) is 0 Å². The van der Waals surface area contributed by atoms with Gasteiger partial charge >= 0.3 is 23.9 Å². The number of esters is 4. The van der Waals surface area contributed by atoms with Gasteiger partial charge in [-0.15, -0.1) is 11.6 Å². The Hall–Kier alpha value is -4.65. The molecule has 0 unspecified atom stereocenters. The first kappa shape index (κ1) is 45.4. The zero-order valence-electron chi connectivity index (χ0n) is 33.0. The van der Waals surface area contributed by atoms with Crippen LogP contribution in [0.1, 0.15) is 37.5 Å². The number of benzene rings is 3. The summed E-state index contributed by atoms with van der Waals surface area (Å²) in [6, 6.07) is 25.2. The average molecular weight is 845 g/mol. The third-order valence-electron chi connectivity index (χ3n) is 9.22. The van der Waals surface area contributed by atoms with E-state index in [1.54, 1.807) is 31.4 Å². The monoisotopic (exact) mass is 844 g/mol. The molecule has 0 radical (unpaired) electrons. The fraction of sp³-hybridized carbons (Fsp3) is 0.476. The van der Waals surface area contributed by atoms with Crippen molar-refractivity contribution in [3.63, 3.8) is 0 Å². The molecular formula is C42H49ClO16. The average Bonchev–Trinajstić information content (AvgIpc) is 3.23. The predicted octanol–water partition coefficient (Wildman–Crippen LogP) is 3.79. The molecule has 0 bridgehead atoms. The highest BCUT2D eigenvalue weighted by Gasteiger charge is 2.55. The normalized spacial score (nSPS) is 26.6. The molecule has 0 aliphatic carbocycles. The number of hydrogen-bond acceptors (Lipinski definition) is 16. The fourth-order valence-electron chi connectivity index (χ4n) is 6.48. The van der Waals surface area contributed by atoms with Gasteiger partial charge in [0, 0.05) is 20.8 Å². The Kier molecular flexibility index (Phi) is 17.4. The highest BCUT2D eigenvalue weighted by molar-refractivity contribution is 6.26. The predicted molar refractivity (Wildman–Crippen MR) is 205 cm³/mol. The Morgan fingerprint density at radius 2 is 1.10 bits per heavy atom. The minimum absolute atomic E-state index is 0.000866. The van der Waals surface area contributed by atoms with E-state index < -0.39 is 97.8 Å². The molecule has 2 fully saturated rings. The van der Waals surface area contributed by atoms with Gasteiger partial charge in [-0.3, -0.25) is 19.2 Å². The van der Waals surface area contributed by atoms with E-state index in [0.717, 1.165) is 18.1 Å². The number of rotatable bonds is 19. The molecule has 5 rings (SSSR count). The largest absolute Gasteiger partial charge is 0.497 e. The zero-order chi connectivity index (χ0) is 42.3. The van der Waals surface area contributed by atoms with Crippen LogP contribution in [0.4, 0.5) is 0 Å². The van der Waals surface area contributed by atoms with E-state index in [9.17, 15) is 24.3 Å². The molecule has 0 amide bonds. The number of carbonyl (C=O) groups excluding carboxylic acids is 4. The van der Waals surface area contributed by atoms with E-state index in [0.29, 0.717) is 11.3 Å². The summed E-state index contributed by atoms with van der Waals surface area (Å²) in [5.74, 6) is -2.77. The van der Waals surface area contributed by atoms with Crippen LogP contribution >= 0.6 is 11.6 Å². The van der Waals surface area contributed by atoms with Crippen molar-refractivity contribution in [2.45, 2.75) is 102 Å². The molecule has 320 valence electrons. The third-order valence-corrected chi connectivity index (χ3v) is 9.43. The molecule has 10 atom stereocenters. The van der Waals surface area contributed by atoms with Crippen LogP contribution < -0.4 is 4.74 Å². The van der Waals surface area contributed by atoms with Crippen LogP contribution in [0.2, 0.25) is 0 Å². The maximum Gasteiger partial charge on any atom is 0.320 e. The van der Waals surface area contributed by atoms with Gasteiger partial charge in [-0.2, -0.15) is 0 Å². The number of hydrogen-bond donors (Lipinski definition) is 1. The molecule has 3 aromatic rings. The molecule has 2 aliphatic rings. The number of aliphatic hydroxyl groups is 1. The van der Waals surface area contributed by atoms with Crippen molar-refractivity contribution < 1.29 is 76.4 Å². The van der Waals surface area contributed by atoms with E-state index in [1.807, 2.05) is 60.7 Å². The second-order valence-electron chi connectivity index (χ2n) is 13.6. The Morgan fingerprint density at radius 3 is 1.66 bits per heavy atom. The molecule has 59 heavy (non-hydrogen) atoms. The first-order valence-electron chi connectivity index (χ1n) is 18.8. The van der Waals surface area contributed by atoms with E-state index in [4.69, 9.17) is 63.7 Å². The van der Waals surface area contributed by atoms with Crippen LogP contribution in [0.15, 0.2) is 84.9 Å². The van der Waals surface area contributed by atoms with E-state index in [2.05, 4.69) is 0 Å². The summed E-state index contributed by atoms with van der Waals surface area (Å²) in [5, 5.41) is 11.9. The van der Waals surface area contributed by atoms with E-state index >= 15 is 0 Å². The van der Waals surface area contributed by atoms with Gasteiger partial charge in [0.15, 0.2) is 24.8 Å². The Bertz CT molecular complexity index is 1780. The van der Waals surface area contributed by atoms with Crippen molar-refractivity contribution in [3.05, 3.63) is 102 Å². The topological polar surface area (TPSA) is 190 Å². The summed E-state index contributed by atoms with van der Waals surface area (Å²) < 4.78 is 65.7. The highest BCUT2D eigenvalue weighted by atomic mass is 35.5. The molecule has 16 nitrogen and oxygen atoms in total. The van der Waals surface area contributed by atoms with Crippen molar-refractivity contribution in [1.82, 2.24) is 0 Å². The quantitative estimate of drug-likeness (QED) is 0.104. The van der Waals surface area contributed by atoms with Crippen molar-refractivity contribution in [3.8, 4) is 5.75 Å². The van der Waals surface area contributed by atoms with Crippen molar-refractivity contribution in [2.75, 3.05) is 26.2 Å². The number of alkyl halides is 1. The number of carbonyl (C=O) groups is 4. The van der Waals surface area contributed by atoms with Crippen molar-refractivity contribution in [2.24, 2.45) is 0 Å². The minimum atomic E-state index is -1.65. The number of halogens is 1. The SMILES string of the molecule is COc1ccc(CO[C@@H]2O[C@H](COC(C)=O)[C@@H](OCc3ccccc3)[C@H](O[C@@H]3O[C@H](COC(=O)CCl)[C@@H](OCc4ccccc4)[C@H](O)[C@H]3OC(C)=O)[C@H]2OC(C)=O)cc1. The fourth-order valence-corrected chi connectivity index (χ4v) is 6.56. The molecule has 1 N–H and O–H groups in total. The van der Waals surface area contributed by atoms with E-state index in [1.165, 1.54) is 13.8 Å². The maximum atomic E-state index is 12.8. The number of aliphatic hydroxyl groups excluding tert-OH is 1. The van der Waals surface area contributed by atoms with Crippen LogP contribution in [0.5, 0.6) is 5.75 Å². The minimum Gasteiger partial charge on any atom is -0.497 e. The highest BCUT2D eigenvalue weighted by Crippen LogP contribution is 2.35. The Labute approximate surface area is 346 Å². The van der Waals surface area contributed by atoms with Crippen LogP contribution in [-0.4, -0.2) is 117 Å². The summed E-state index contributed by atoms with van der Waals surface area (Å²) in [5.41, 5.74) is 2.21. The van der Waals surface area contributed by atoms with Crippen LogP contribution in [0, 0.1) is 0 Å². The summed E-state index contributed by atoms with van der Waals surface area (Å²) >= 11 is 5.72. The molecule has 0 aromatic heterocycles. The Balaban J connectivity index is 1.53. The van der Waals surface area contributed by atoms with Gasteiger partial charge in [0.1, 0.15) is 61.5 Å². The summed E-state index contributed by atoms with van der Waals surface area (Å²) in [6.45, 7) is 2.69. The third kappa shape index (κ3) is 13.4. The first-order chi connectivity index (χ1) is 28.4. The summed E-state index contributed by atoms with van der Waals surface area (Å²) in [6.07, 6.45) is -13.8. The molecule has 0 spiro atoms. The molecule has 2 heterocycles. The van der Waals surface area contributed by atoms with Crippen LogP contribution in [0.3, 0.4) is 0 Å². The number of methoxy groups -OCH3 is 1. The first-order valence-corrected chi connectivity index (χ1v) is 19.4. The van der Waals surface area contributed by atoms with Crippen LogP contribution in [-0.2, 0) is 86.4 Å². The van der Waals surface area contributed by atoms with Gasteiger partial charge < -0.3 is 57.2 Å². The van der Waals surface area contributed by atoms with Gasteiger partial charge in [0.2, 0.25) is 0 Å². The summed E-state index contributed by atoms with van der Waals surface area (Å²) in [7, 11) is 1.54. The second-order valence-corrected chi connectivity index (χ2v) is 13.9. The van der Waals surface area contributed by atoms with Gasteiger partial charge in [0.25, 0.3) is 0 Å². The molecular weight excluding hydrogens is 796 g/mol. The van der Waals surface area contributed by atoms with Gasteiger partial charge in [-0.05, 0) is 28.8 Å². The maximum absolute atomic E-state index is 12.8. The smallest absolute Gasteiger partial charge is 0.320 e. The molecule has 2 saturated heterocycles. The second kappa shape index (κ2) is 22.6. The van der Waals surface area contributed by atoms with Gasteiger partial charge in [-0.1, -0.05) is 72.8 Å². The van der Waals surface area contributed by atoms with Crippen molar-refractivity contribution >= 4 is 35.5 Å². The molecule has 0 saturated carbocycles. The van der Waals surface area contributed by atoms with Gasteiger partial charge in [-0.25, -0.2) is 0 Å². The Morgan fingerprint density at radius 1 is 0.593 bits per heavy atom. The lowest BCUT2D eigenvalue weighted by Crippen LogP contribution is -2.66. The van der Waals surface area contributed by atoms with Crippen LogP contribution in [0.25, 0.3) is 0 Å². The standard InChI is InChI=1S/C42H49ClO16/c1-25(44)50-23-33-37(53-21-29-13-9-6-10-14-29)39(40(56-27(3)46)41(57-33)54-22-30-15-17-31(49-4)18-16-30)59-42-38(55-26(2)45)35(48)36(32(58-42)24-51-34(47)19-43)52-20-28-11-7-5-8-12-28/h5-18,32-33,35-42,48H,19-24H2,1-4H3/t32-,33-,35+,36-,37-,38-,39+,40-,41-,42+/m1/s1. The van der Waals surface area contributed by atoms with Gasteiger partial charge in [0.05, 0.1) is 26.9 Å². The lowest BCUT2D eigenvalue weighted by atomic mass is 9.96. The van der Waals surface area contributed by atoms with E-state index in [-0.39, 0.29) is 26.4 Å². The summed E-state index contributed by atoms with van der Waals surface area (Å²) in [4.78, 5) is 49.8. The lowest BCUT2D eigenvalue weighted by molar-refractivity contribution is -0.368. The molecule has 17 heteroatoms.